The number of thiophene rings is 1. The maximum atomic E-state index is 12.0. The van der Waals surface area contributed by atoms with Crippen molar-refractivity contribution in [3.05, 3.63) is 21.4 Å². The van der Waals surface area contributed by atoms with Gasteiger partial charge in [-0.15, -0.1) is 11.3 Å². The van der Waals surface area contributed by atoms with Crippen LogP contribution in [0.1, 0.15) is 58.6 Å². The number of aliphatic hydroxyl groups is 1. The fourth-order valence-electron chi connectivity index (χ4n) is 2.48. The van der Waals surface area contributed by atoms with Crippen LogP contribution in [0.3, 0.4) is 0 Å². The van der Waals surface area contributed by atoms with E-state index in [2.05, 4.69) is 11.4 Å². The molecule has 0 spiro atoms. The van der Waals surface area contributed by atoms with Crippen molar-refractivity contribution in [2.75, 3.05) is 13.2 Å². The molecule has 1 aliphatic carbocycles. The number of carbonyl (C=O) groups excluding carboxylic acids is 1. The number of rotatable bonds is 5. The quantitative estimate of drug-likeness (QED) is 0.815. The summed E-state index contributed by atoms with van der Waals surface area (Å²) in [6.07, 6.45) is 9.00. The van der Waals surface area contributed by atoms with Crippen LogP contribution in [-0.4, -0.2) is 24.2 Å². The highest BCUT2D eigenvalue weighted by atomic mass is 32.1. The van der Waals surface area contributed by atoms with E-state index in [9.17, 15) is 4.79 Å². The highest BCUT2D eigenvalue weighted by molar-refractivity contribution is 7.14. The van der Waals surface area contributed by atoms with Crippen LogP contribution in [0.15, 0.2) is 6.07 Å². The standard InChI is InChI=1S/C15H23NO2S/c17-10-6-5-9-16-15(18)14-11-12-7-3-1-2-4-8-13(12)19-14/h11,17H,1-10H2,(H,16,18). The molecule has 19 heavy (non-hydrogen) atoms. The van der Waals surface area contributed by atoms with E-state index < -0.39 is 0 Å². The van der Waals surface area contributed by atoms with Gasteiger partial charge in [0.15, 0.2) is 0 Å². The summed E-state index contributed by atoms with van der Waals surface area (Å²) in [7, 11) is 0. The maximum Gasteiger partial charge on any atom is 0.261 e. The Balaban J connectivity index is 1.92. The van der Waals surface area contributed by atoms with Crippen LogP contribution >= 0.6 is 11.3 Å². The number of fused-ring (bicyclic) bond motifs is 1. The second-order valence-electron chi connectivity index (χ2n) is 5.16. The highest BCUT2D eigenvalue weighted by Crippen LogP contribution is 2.28. The van der Waals surface area contributed by atoms with E-state index in [4.69, 9.17) is 5.11 Å². The zero-order valence-electron chi connectivity index (χ0n) is 11.4. The van der Waals surface area contributed by atoms with Gasteiger partial charge in [0, 0.05) is 18.0 Å². The SMILES string of the molecule is O=C(NCCCCO)c1cc2c(s1)CCCCCC2. The van der Waals surface area contributed by atoms with Crippen LogP contribution in [0, 0.1) is 0 Å². The van der Waals surface area contributed by atoms with E-state index in [1.807, 2.05) is 0 Å². The average Bonchev–Trinajstić information content (AvgIpc) is 2.77. The Morgan fingerprint density at radius 1 is 1.21 bits per heavy atom. The maximum absolute atomic E-state index is 12.0. The number of amides is 1. The monoisotopic (exact) mass is 281 g/mol. The van der Waals surface area contributed by atoms with Crippen molar-refractivity contribution in [1.29, 1.82) is 0 Å². The first-order valence-corrected chi connectivity index (χ1v) is 8.13. The third-order valence-electron chi connectivity index (χ3n) is 3.59. The molecule has 0 saturated carbocycles. The lowest BCUT2D eigenvalue weighted by Crippen LogP contribution is -2.23. The van der Waals surface area contributed by atoms with Crippen LogP contribution in [-0.2, 0) is 12.8 Å². The molecule has 4 heteroatoms. The molecule has 0 atom stereocenters. The molecule has 1 aromatic heterocycles. The van der Waals surface area contributed by atoms with Gasteiger partial charge in [0.25, 0.3) is 5.91 Å². The molecule has 2 N–H and O–H groups in total. The lowest BCUT2D eigenvalue weighted by Gasteiger charge is -2.07. The summed E-state index contributed by atoms with van der Waals surface area (Å²) in [5, 5.41) is 11.6. The summed E-state index contributed by atoms with van der Waals surface area (Å²) in [5.74, 6) is 0.0506. The lowest BCUT2D eigenvalue weighted by atomic mass is 10.00. The lowest BCUT2D eigenvalue weighted by molar-refractivity contribution is 0.0956. The Morgan fingerprint density at radius 3 is 2.79 bits per heavy atom. The number of carbonyl (C=O) groups is 1. The number of hydrogen-bond donors (Lipinski definition) is 2. The Bertz CT molecular complexity index is 389. The van der Waals surface area contributed by atoms with Crippen LogP contribution in [0.4, 0.5) is 0 Å². The summed E-state index contributed by atoms with van der Waals surface area (Å²) in [6, 6.07) is 2.09. The van der Waals surface area contributed by atoms with Gasteiger partial charge in [-0.2, -0.15) is 0 Å². The van der Waals surface area contributed by atoms with Gasteiger partial charge in [-0.05, 0) is 50.2 Å². The average molecular weight is 281 g/mol. The smallest absolute Gasteiger partial charge is 0.261 e. The number of hydrogen-bond acceptors (Lipinski definition) is 3. The first-order chi connectivity index (χ1) is 9.31. The Labute approximate surface area is 119 Å². The van der Waals surface area contributed by atoms with E-state index in [0.717, 1.165) is 30.6 Å². The van der Waals surface area contributed by atoms with Crippen molar-refractivity contribution >= 4 is 17.2 Å². The minimum absolute atomic E-state index is 0.0506. The minimum Gasteiger partial charge on any atom is -0.396 e. The normalized spacial score (nSPS) is 15.4. The third-order valence-corrected chi connectivity index (χ3v) is 4.83. The summed E-state index contributed by atoms with van der Waals surface area (Å²) < 4.78 is 0. The van der Waals surface area contributed by atoms with E-state index in [1.165, 1.54) is 36.1 Å². The van der Waals surface area contributed by atoms with Crippen molar-refractivity contribution < 1.29 is 9.90 Å². The molecule has 0 saturated heterocycles. The van der Waals surface area contributed by atoms with E-state index in [1.54, 1.807) is 11.3 Å². The molecule has 0 radical (unpaired) electrons. The largest absolute Gasteiger partial charge is 0.396 e. The molecule has 1 aromatic rings. The van der Waals surface area contributed by atoms with Gasteiger partial charge >= 0.3 is 0 Å². The van der Waals surface area contributed by atoms with Gasteiger partial charge in [0.1, 0.15) is 0 Å². The first-order valence-electron chi connectivity index (χ1n) is 7.32. The molecule has 0 unspecified atom stereocenters. The van der Waals surface area contributed by atoms with Gasteiger partial charge < -0.3 is 10.4 Å². The molecule has 106 valence electrons. The highest BCUT2D eigenvalue weighted by Gasteiger charge is 2.15. The fraction of sp³-hybridized carbons (Fsp3) is 0.667. The Hall–Kier alpha value is -0.870. The van der Waals surface area contributed by atoms with Crippen LogP contribution < -0.4 is 5.32 Å². The second-order valence-corrected chi connectivity index (χ2v) is 6.30. The van der Waals surface area contributed by atoms with Gasteiger partial charge in [-0.3, -0.25) is 4.79 Å². The molecule has 1 aliphatic rings. The molecule has 3 nitrogen and oxygen atoms in total. The number of aliphatic hydroxyl groups excluding tert-OH is 1. The number of unbranched alkanes of at least 4 members (excludes halogenated alkanes) is 1. The van der Waals surface area contributed by atoms with Crippen molar-refractivity contribution in [2.24, 2.45) is 0 Å². The van der Waals surface area contributed by atoms with Crippen molar-refractivity contribution in [2.45, 2.75) is 51.4 Å². The predicted molar refractivity (Wildman–Crippen MR) is 78.8 cm³/mol. The molecule has 0 aliphatic heterocycles. The summed E-state index contributed by atoms with van der Waals surface area (Å²) in [4.78, 5) is 14.3. The molecule has 0 bridgehead atoms. The predicted octanol–water partition coefficient (Wildman–Crippen LogP) is 2.91. The third kappa shape index (κ3) is 4.32. The van der Waals surface area contributed by atoms with Gasteiger partial charge in [0.2, 0.25) is 0 Å². The van der Waals surface area contributed by atoms with Crippen molar-refractivity contribution in [3.8, 4) is 0 Å². The molecular formula is C15H23NO2S. The molecule has 1 amide bonds. The van der Waals surface area contributed by atoms with Gasteiger partial charge in [-0.1, -0.05) is 12.8 Å². The van der Waals surface area contributed by atoms with E-state index in [-0.39, 0.29) is 12.5 Å². The summed E-state index contributed by atoms with van der Waals surface area (Å²) in [6.45, 7) is 0.852. The van der Waals surface area contributed by atoms with Crippen molar-refractivity contribution in [1.82, 2.24) is 5.32 Å². The van der Waals surface area contributed by atoms with Gasteiger partial charge in [0.05, 0.1) is 4.88 Å². The van der Waals surface area contributed by atoms with Crippen LogP contribution in [0.25, 0.3) is 0 Å². The number of aryl methyl sites for hydroxylation is 2. The van der Waals surface area contributed by atoms with E-state index in [0.29, 0.717) is 6.54 Å². The van der Waals surface area contributed by atoms with E-state index >= 15 is 0 Å². The molecular weight excluding hydrogens is 258 g/mol. The zero-order valence-corrected chi connectivity index (χ0v) is 12.2. The molecule has 1 heterocycles. The molecule has 0 aromatic carbocycles. The van der Waals surface area contributed by atoms with Crippen molar-refractivity contribution in [3.63, 3.8) is 0 Å². The fourth-order valence-corrected chi connectivity index (χ4v) is 3.65. The minimum atomic E-state index is 0.0506. The zero-order chi connectivity index (χ0) is 13.5. The van der Waals surface area contributed by atoms with Crippen LogP contribution in [0.5, 0.6) is 0 Å². The summed E-state index contributed by atoms with van der Waals surface area (Å²) in [5.41, 5.74) is 1.39. The Kier molecular flexibility index (Phi) is 5.86. The topological polar surface area (TPSA) is 49.3 Å². The van der Waals surface area contributed by atoms with Gasteiger partial charge in [-0.25, -0.2) is 0 Å². The second kappa shape index (κ2) is 7.65. The first kappa shape index (κ1) is 14.5. The molecule has 0 fully saturated rings. The summed E-state index contributed by atoms with van der Waals surface area (Å²) >= 11 is 1.67. The Morgan fingerprint density at radius 2 is 2.00 bits per heavy atom. The van der Waals surface area contributed by atoms with Crippen LogP contribution in [0.2, 0.25) is 0 Å². The molecule has 2 rings (SSSR count). The number of nitrogens with one attached hydrogen (secondary N) is 1.